The van der Waals surface area contributed by atoms with E-state index in [0.29, 0.717) is 15.4 Å². The monoisotopic (exact) mass is 492 g/mol. The van der Waals surface area contributed by atoms with Crippen LogP contribution in [0, 0.1) is 5.92 Å². The van der Waals surface area contributed by atoms with Gasteiger partial charge in [0.25, 0.3) is 5.91 Å². The Morgan fingerprint density at radius 3 is 2.83 bits per heavy atom. The molecule has 1 aromatic heterocycles. The zero-order chi connectivity index (χ0) is 21.9. The van der Waals surface area contributed by atoms with Gasteiger partial charge in [0, 0.05) is 35.0 Å². The maximum Gasteiger partial charge on any atom is 0.266 e. The largest absolute Gasteiger partial charge is 0.364 e. The van der Waals surface area contributed by atoms with Crippen molar-refractivity contribution in [3.05, 3.63) is 65.3 Å². The summed E-state index contributed by atoms with van der Waals surface area (Å²) in [6.45, 7) is 10.2. The van der Waals surface area contributed by atoms with Gasteiger partial charge in [-0.05, 0) is 42.7 Å². The molecular weight excluding hydrogens is 468 g/mol. The van der Waals surface area contributed by atoms with Crippen molar-refractivity contribution in [2.24, 2.45) is 11.7 Å². The van der Waals surface area contributed by atoms with Gasteiger partial charge in [-0.25, -0.2) is 13.1 Å². The SMILES string of the molecule is C=C/C=C(\C=C)CN1CCC(CNS(=O)(=O)c2c(C(N)=O)[nH]c3ccc(Br)cc23)C1. The first kappa shape index (κ1) is 22.5. The lowest BCUT2D eigenvalue weighted by atomic mass is 10.1. The minimum Gasteiger partial charge on any atom is -0.364 e. The average molecular weight is 493 g/mol. The predicted molar refractivity (Wildman–Crippen MR) is 123 cm³/mol. The second-order valence-corrected chi connectivity index (χ2v) is 9.93. The van der Waals surface area contributed by atoms with Crippen LogP contribution in [0.2, 0.25) is 0 Å². The van der Waals surface area contributed by atoms with Crippen LogP contribution >= 0.6 is 15.9 Å². The number of nitrogens with zero attached hydrogens (tertiary/aromatic N) is 1. The van der Waals surface area contributed by atoms with E-state index >= 15 is 0 Å². The molecule has 1 aliphatic rings. The van der Waals surface area contributed by atoms with E-state index in [0.717, 1.165) is 31.6 Å². The number of amides is 1. The first-order valence-corrected chi connectivity index (χ1v) is 11.8. The number of H-pyrrole nitrogens is 1. The molecule has 0 bridgehead atoms. The number of nitrogens with one attached hydrogen (secondary N) is 2. The summed E-state index contributed by atoms with van der Waals surface area (Å²) in [4.78, 5) is 16.8. The van der Waals surface area contributed by atoms with Gasteiger partial charge in [0.1, 0.15) is 10.6 Å². The molecule has 0 saturated carbocycles. The third-order valence-electron chi connectivity index (χ3n) is 5.16. The highest BCUT2D eigenvalue weighted by molar-refractivity contribution is 9.10. The second kappa shape index (κ2) is 9.30. The van der Waals surface area contributed by atoms with Crippen LogP contribution in [0.4, 0.5) is 0 Å². The molecule has 1 aromatic carbocycles. The Kier molecular flexibility index (Phi) is 6.97. The van der Waals surface area contributed by atoms with Crippen molar-refractivity contribution in [1.82, 2.24) is 14.6 Å². The first-order valence-electron chi connectivity index (χ1n) is 9.52. The Bertz CT molecular complexity index is 1120. The van der Waals surface area contributed by atoms with Crippen molar-refractivity contribution in [2.45, 2.75) is 11.3 Å². The Morgan fingerprint density at radius 2 is 2.17 bits per heavy atom. The van der Waals surface area contributed by atoms with Crippen LogP contribution in [0.25, 0.3) is 10.9 Å². The van der Waals surface area contributed by atoms with Crippen LogP contribution in [0.15, 0.2) is 64.5 Å². The van der Waals surface area contributed by atoms with Crippen molar-refractivity contribution in [3.63, 3.8) is 0 Å². The lowest BCUT2D eigenvalue weighted by Crippen LogP contribution is -2.32. The highest BCUT2D eigenvalue weighted by Gasteiger charge is 2.29. The summed E-state index contributed by atoms with van der Waals surface area (Å²) in [7, 11) is -3.94. The van der Waals surface area contributed by atoms with E-state index in [4.69, 9.17) is 5.73 Å². The maximum absolute atomic E-state index is 13.1. The number of halogens is 1. The molecule has 0 aliphatic carbocycles. The van der Waals surface area contributed by atoms with E-state index in [1.54, 1.807) is 30.4 Å². The number of allylic oxidation sites excluding steroid dienone is 2. The molecule has 7 nitrogen and oxygen atoms in total. The summed E-state index contributed by atoms with van der Waals surface area (Å²) >= 11 is 3.35. The molecule has 9 heteroatoms. The number of likely N-dealkylation sites (tertiary alicyclic amines) is 1. The molecule has 1 saturated heterocycles. The third-order valence-corrected chi connectivity index (χ3v) is 7.16. The fourth-order valence-corrected chi connectivity index (χ4v) is 5.55. The number of primary amides is 1. The number of nitrogens with two attached hydrogens (primary N) is 1. The summed E-state index contributed by atoms with van der Waals surface area (Å²) in [6, 6.07) is 5.12. The minimum atomic E-state index is -3.94. The lowest BCUT2D eigenvalue weighted by molar-refractivity contribution is 0.0993. The van der Waals surface area contributed by atoms with Gasteiger partial charge in [-0.1, -0.05) is 47.3 Å². The number of rotatable bonds is 9. The highest BCUT2D eigenvalue weighted by atomic mass is 79.9. The van der Waals surface area contributed by atoms with E-state index in [-0.39, 0.29) is 23.1 Å². The molecule has 160 valence electrons. The van der Waals surface area contributed by atoms with Crippen LogP contribution in [-0.4, -0.2) is 50.4 Å². The zero-order valence-electron chi connectivity index (χ0n) is 16.5. The van der Waals surface area contributed by atoms with E-state index in [1.807, 2.05) is 6.08 Å². The van der Waals surface area contributed by atoms with Gasteiger partial charge in [-0.15, -0.1) is 0 Å². The Hall–Kier alpha value is -2.20. The van der Waals surface area contributed by atoms with Crippen LogP contribution in [0.5, 0.6) is 0 Å². The van der Waals surface area contributed by atoms with E-state index in [9.17, 15) is 13.2 Å². The molecule has 1 aliphatic heterocycles. The van der Waals surface area contributed by atoms with Crippen molar-refractivity contribution in [3.8, 4) is 0 Å². The lowest BCUT2D eigenvalue weighted by Gasteiger charge is -2.17. The van der Waals surface area contributed by atoms with Crippen LogP contribution < -0.4 is 10.5 Å². The van der Waals surface area contributed by atoms with Gasteiger partial charge in [0.05, 0.1) is 0 Å². The first-order chi connectivity index (χ1) is 14.2. The van der Waals surface area contributed by atoms with Gasteiger partial charge >= 0.3 is 0 Å². The van der Waals surface area contributed by atoms with Crippen molar-refractivity contribution in [1.29, 1.82) is 0 Å². The van der Waals surface area contributed by atoms with Crippen molar-refractivity contribution >= 4 is 42.8 Å². The van der Waals surface area contributed by atoms with Gasteiger partial charge < -0.3 is 10.7 Å². The standard InChI is InChI=1S/C21H25BrN4O3S/c1-3-5-14(4-2)12-26-9-8-15(13-26)11-24-30(28,29)20-17-10-16(22)6-7-18(17)25-19(20)21(23)27/h3-7,10,15,24-25H,1-2,8-9,11-13H2,(H2,23,27)/b14-5+. The van der Waals surface area contributed by atoms with E-state index in [1.165, 1.54) is 0 Å². The molecule has 1 amide bonds. The molecule has 3 rings (SSSR count). The smallest absolute Gasteiger partial charge is 0.266 e. The molecule has 0 radical (unpaired) electrons. The number of aromatic amines is 1. The maximum atomic E-state index is 13.1. The molecular formula is C21H25BrN4O3S. The predicted octanol–water partition coefficient (Wildman–Crippen LogP) is 2.93. The fourth-order valence-electron chi connectivity index (χ4n) is 3.71. The van der Waals surface area contributed by atoms with Crippen LogP contribution in [0.3, 0.4) is 0 Å². The number of aromatic nitrogens is 1. The van der Waals surface area contributed by atoms with Gasteiger partial charge in [0.15, 0.2) is 0 Å². The normalized spacial score (nSPS) is 18.0. The Labute approximate surface area is 184 Å². The molecule has 1 fully saturated rings. The average Bonchev–Trinajstić information content (AvgIpc) is 3.30. The van der Waals surface area contributed by atoms with E-state index in [2.05, 4.69) is 43.7 Å². The third kappa shape index (κ3) is 4.92. The molecule has 2 aromatic rings. The second-order valence-electron chi connectivity index (χ2n) is 7.31. The van der Waals surface area contributed by atoms with Crippen molar-refractivity contribution in [2.75, 3.05) is 26.2 Å². The van der Waals surface area contributed by atoms with Crippen LogP contribution in [-0.2, 0) is 10.0 Å². The summed E-state index contributed by atoms with van der Waals surface area (Å²) in [6.07, 6.45) is 6.33. The highest BCUT2D eigenvalue weighted by Crippen LogP contribution is 2.29. The number of fused-ring (bicyclic) bond motifs is 1. The topological polar surface area (TPSA) is 108 Å². The minimum absolute atomic E-state index is 0.107. The number of hydrogen-bond acceptors (Lipinski definition) is 4. The summed E-state index contributed by atoms with van der Waals surface area (Å²) in [5.74, 6) is -0.649. The summed E-state index contributed by atoms with van der Waals surface area (Å²) in [5.41, 5.74) is 6.92. The van der Waals surface area contributed by atoms with Crippen molar-refractivity contribution < 1.29 is 13.2 Å². The van der Waals surface area contributed by atoms with Gasteiger partial charge in [-0.2, -0.15) is 0 Å². The van der Waals surface area contributed by atoms with E-state index < -0.39 is 15.9 Å². The molecule has 4 N–H and O–H groups in total. The number of hydrogen-bond donors (Lipinski definition) is 3. The number of carbonyl (C=O) groups is 1. The Balaban J connectivity index is 1.75. The number of benzene rings is 1. The van der Waals surface area contributed by atoms with Gasteiger partial charge in [0.2, 0.25) is 10.0 Å². The molecule has 2 heterocycles. The summed E-state index contributed by atoms with van der Waals surface area (Å²) < 4.78 is 29.6. The quantitative estimate of drug-likeness (QED) is 0.467. The number of carbonyl (C=O) groups excluding carboxylic acids is 1. The van der Waals surface area contributed by atoms with Crippen LogP contribution in [0.1, 0.15) is 16.9 Å². The molecule has 1 unspecified atom stereocenters. The fraction of sp³-hybridized carbons (Fsp3) is 0.286. The van der Waals surface area contributed by atoms with Gasteiger partial charge in [-0.3, -0.25) is 9.69 Å². The molecule has 30 heavy (non-hydrogen) atoms. The zero-order valence-corrected chi connectivity index (χ0v) is 18.9. The Morgan fingerprint density at radius 1 is 1.40 bits per heavy atom. The summed E-state index contributed by atoms with van der Waals surface area (Å²) in [5, 5.41) is 0.420. The number of sulfonamides is 1. The molecule has 0 spiro atoms. The molecule has 1 atom stereocenters.